The Kier molecular flexibility index (Phi) is 6.73. The van der Waals surface area contributed by atoms with Crippen LogP contribution in [0.5, 0.6) is 0 Å². The Morgan fingerprint density at radius 2 is 1.82 bits per heavy atom. The maximum Gasteiger partial charge on any atom is 0.352 e. The van der Waals surface area contributed by atoms with E-state index in [4.69, 9.17) is 11.6 Å². The molecule has 33 heavy (non-hydrogen) atoms. The van der Waals surface area contributed by atoms with Gasteiger partial charge in [-0.15, -0.1) is 0 Å². The molecule has 2 aromatic carbocycles. The number of nitrogens with zero attached hydrogens (tertiary/aromatic N) is 1. The van der Waals surface area contributed by atoms with Crippen molar-refractivity contribution in [2.75, 3.05) is 0 Å². The average molecular weight is 478 g/mol. The summed E-state index contributed by atoms with van der Waals surface area (Å²) in [4.78, 5) is 41.3. The molecule has 0 bridgehead atoms. The Morgan fingerprint density at radius 3 is 2.36 bits per heavy atom. The van der Waals surface area contributed by atoms with Crippen LogP contribution in [0.3, 0.4) is 0 Å². The Hall–Kier alpha value is -3.46. The van der Waals surface area contributed by atoms with Gasteiger partial charge in [0.05, 0.1) is 0 Å². The first kappa shape index (κ1) is 24.2. The predicted octanol–water partition coefficient (Wildman–Crippen LogP) is 4.41. The van der Waals surface area contributed by atoms with Gasteiger partial charge in [0.1, 0.15) is 23.4 Å². The van der Waals surface area contributed by atoms with Crippen molar-refractivity contribution in [3.63, 3.8) is 0 Å². The number of carbonyl (C=O) groups is 3. The molecule has 7 nitrogen and oxygen atoms in total. The fourth-order valence-corrected chi connectivity index (χ4v) is 3.80. The number of carbonyl (C=O) groups excluding carboxylic acids is 2. The standard InChI is InChI=1S/C23H22ClF2N3O4/c1-23(2,3)28-21(31)20(29(11-30)10-12-6-14(25)9-15(26)7-12)18-16-5-4-13(24)8-17(16)27-19(18)22(32)33/h4-9,11,20,27H,10H2,1-3H3,(H,28,31)(H,32,33). The van der Waals surface area contributed by atoms with Crippen LogP contribution in [-0.4, -0.2) is 38.8 Å². The minimum atomic E-state index is -1.42. The molecule has 0 aliphatic heterocycles. The fraction of sp³-hybridized carbons (Fsp3) is 0.261. The maximum atomic E-state index is 13.7. The number of benzene rings is 2. The minimum Gasteiger partial charge on any atom is -0.477 e. The van der Waals surface area contributed by atoms with Crippen LogP contribution in [0, 0.1) is 11.6 Å². The number of fused-ring (bicyclic) bond motifs is 1. The maximum absolute atomic E-state index is 13.7. The number of aromatic carboxylic acids is 1. The molecule has 0 aliphatic rings. The van der Waals surface area contributed by atoms with E-state index in [1.165, 1.54) is 18.2 Å². The van der Waals surface area contributed by atoms with E-state index >= 15 is 0 Å². The Bertz CT molecular complexity index is 1220. The van der Waals surface area contributed by atoms with Crippen LogP contribution in [0.4, 0.5) is 8.78 Å². The summed E-state index contributed by atoms with van der Waals surface area (Å²) in [5.74, 6) is -3.71. The number of halogens is 3. The minimum absolute atomic E-state index is 0.0277. The molecule has 1 unspecified atom stereocenters. The van der Waals surface area contributed by atoms with Gasteiger partial charge in [0.15, 0.2) is 0 Å². The third-order valence-corrected chi connectivity index (χ3v) is 5.02. The normalized spacial score (nSPS) is 12.4. The van der Waals surface area contributed by atoms with Gasteiger partial charge in [0.25, 0.3) is 0 Å². The van der Waals surface area contributed by atoms with Crippen LogP contribution in [0.25, 0.3) is 10.9 Å². The second kappa shape index (κ2) is 9.19. The monoisotopic (exact) mass is 477 g/mol. The molecule has 174 valence electrons. The molecule has 0 aliphatic carbocycles. The van der Waals surface area contributed by atoms with Crippen molar-refractivity contribution in [1.29, 1.82) is 0 Å². The number of hydrogen-bond donors (Lipinski definition) is 3. The van der Waals surface area contributed by atoms with E-state index in [2.05, 4.69) is 10.3 Å². The fourth-order valence-electron chi connectivity index (χ4n) is 3.63. The van der Waals surface area contributed by atoms with Crippen LogP contribution in [-0.2, 0) is 16.1 Å². The largest absolute Gasteiger partial charge is 0.477 e. The van der Waals surface area contributed by atoms with Crippen LogP contribution >= 0.6 is 11.6 Å². The lowest BCUT2D eigenvalue weighted by Crippen LogP contribution is -2.47. The highest BCUT2D eigenvalue weighted by atomic mass is 35.5. The van der Waals surface area contributed by atoms with Crippen molar-refractivity contribution in [2.24, 2.45) is 0 Å². The van der Waals surface area contributed by atoms with Crippen LogP contribution in [0.2, 0.25) is 5.02 Å². The highest BCUT2D eigenvalue weighted by Crippen LogP contribution is 2.34. The highest BCUT2D eigenvalue weighted by Gasteiger charge is 2.35. The highest BCUT2D eigenvalue weighted by molar-refractivity contribution is 6.31. The number of carboxylic acid groups (broad SMARTS) is 1. The summed E-state index contributed by atoms with van der Waals surface area (Å²) in [6.07, 6.45) is 0.343. The number of aromatic amines is 1. The zero-order valence-electron chi connectivity index (χ0n) is 18.1. The van der Waals surface area contributed by atoms with Crippen LogP contribution < -0.4 is 5.32 Å². The van der Waals surface area contributed by atoms with Crippen LogP contribution in [0.1, 0.15) is 48.4 Å². The second-order valence-corrected chi connectivity index (χ2v) is 9.04. The third-order valence-electron chi connectivity index (χ3n) is 4.79. The van der Waals surface area contributed by atoms with Crippen molar-refractivity contribution in [3.8, 4) is 0 Å². The molecule has 0 radical (unpaired) electrons. The lowest BCUT2D eigenvalue weighted by atomic mass is 9.98. The summed E-state index contributed by atoms with van der Waals surface area (Å²) in [5, 5.41) is 13.3. The number of hydrogen-bond acceptors (Lipinski definition) is 3. The first-order valence-corrected chi connectivity index (χ1v) is 10.3. The molecule has 3 N–H and O–H groups in total. The van der Waals surface area contributed by atoms with Gasteiger partial charge in [-0.1, -0.05) is 17.7 Å². The molecule has 1 aromatic heterocycles. The lowest BCUT2D eigenvalue weighted by Gasteiger charge is -2.31. The van der Waals surface area contributed by atoms with Gasteiger partial charge in [-0.2, -0.15) is 0 Å². The quantitative estimate of drug-likeness (QED) is 0.438. The van der Waals surface area contributed by atoms with Gasteiger partial charge < -0.3 is 20.3 Å². The zero-order chi connectivity index (χ0) is 24.5. The van der Waals surface area contributed by atoms with E-state index in [0.717, 1.165) is 17.0 Å². The summed E-state index contributed by atoms with van der Waals surface area (Å²) in [6, 6.07) is 5.89. The molecule has 0 saturated heterocycles. The topological polar surface area (TPSA) is 102 Å². The van der Waals surface area contributed by atoms with E-state index in [0.29, 0.717) is 28.4 Å². The average Bonchev–Trinajstić information content (AvgIpc) is 3.03. The first-order valence-electron chi connectivity index (χ1n) is 9.92. The number of amides is 2. The molecular formula is C23H22ClF2N3O4. The van der Waals surface area contributed by atoms with Gasteiger partial charge in [0.2, 0.25) is 12.3 Å². The zero-order valence-corrected chi connectivity index (χ0v) is 18.8. The van der Waals surface area contributed by atoms with Gasteiger partial charge in [-0.05, 0) is 50.6 Å². The number of aromatic nitrogens is 1. The summed E-state index contributed by atoms with van der Waals surface area (Å²) in [6.45, 7) is 4.83. The summed E-state index contributed by atoms with van der Waals surface area (Å²) < 4.78 is 27.5. The van der Waals surface area contributed by atoms with E-state index < -0.39 is 35.1 Å². The predicted molar refractivity (Wildman–Crippen MR) is 119 cm³/mol. The van der Waals surface area contributed by atoms with Crippen molar-refractivity contribution in [3.05, 3.63) is 69.9 Å². The number of H-pyrrole nitrogens is 1. The van der Waals surface area contributed by atoms with E-state index in [1.807, 2.05) is 0 Å². The second-order valence-electron chi connectivity index (χ2n) is 8.61. The summed E-state index contributed by atoms with van der Waals surface area (Å²) in [7, 11) is 0. The van der Waals surface area contributed by atoms with Crippen molar-refractivity contribution >= 4 is 40.8 Å². The summed E-state index contributed by atoms with van der Waals surface area (Å²) in [5.41, 5.74) is -0.550. The third kappa shape index (κ3) is 5.48. The molecule has 3 aromatic rings. The number of nitrogens with one attached hydrogen (secondary N) is 2. The molecule has 1 heterocycles. The molecule has 3 rings (SSSR count). The molecule has 0 saturated carbocycles. The molecular weight excluding hydrogens is 456 g/mol. The van der Waals surface area contributed by atoms with Crippen molar-refractivity contribution in [2.45, 2.75) is 38.9 Å². The van der Waals surface area contributed by atoms with E-state index in [9.17, 15) is 28.3 Å². The Morgan fingerprint density at radius 1 is 1.18 bits per heavy atom. The van der Waals surface area contributed by atoms with Crippen molar-refractivity contribution < 1.29 is 28.3 Å². The van der Waals surface area contributed by atoms with Gasteiger partial charge in [-0.3, -0.25) is 9.59 Å². The molecule has 1 atom stereocenters. The molecule has 2 amide bonds. The van der Waals surface area contributed by atoms with E-state index in [-0.39, 0.29) is 23.4 Å². The Balaban J connectivity index is 2.21. The summed E-state index contributed by atoms with van der Waals surface area (Å²) >= 11 is 6.03. The van der Waals surface area contributed by atoms with Crippen LogP contribution in [0.15, 0.2) is 36.4 Å². The van der Waals surface area contributed by atoms with Gasteiger partial charge in [0, 0.05) is 39.6 Å². The number of carboxylic acids is 1. The van der Waals surface area contributed by atoms with Gasteiger partial charge in [-0.25, -0.2) is 13.6 Å². The number of rotatable bonds is 7. The lowest BCUT2D eigenvalue weighted by molar-refractivity contribution is -0.134. The molecule has 0 fully saturated rings. The van der Waals surface area contributed by atoms with Crippen molar-refractivity contribution in [1.82, 2.24) is 15.2 Å². The Labute approximate surface area is 193 Å². The van der Waals surface area contributed by atoms with E-state index in [1.54, 1.807) is 20.8 Å². The molecule has 0 spiro atoms. The smallest absolute Gasteiger partial charge is 0.352 e. The SMILES string of the molecule is CC(C)(C)NC(=O)C(c1c(C(=O)O)[nH]c2cc(Cl)ccc12)N(C=O)Cc1cc(F)cc(F)c1. The first-order chi connectivity index (χ1) is 15.4. The molecule has 10 heteroatoms. The van der Waals surface area contributed by atoms with Gasteiger partial charge >= 0.3 is 5.97 Å².